The van der Waals surface area contributed by atoms with Gasteiger partial charge in [0, 0.05) is 5.56 Å². The second-order valence-electron chi connectivity index (χ2n) is 4.86. The van der Waals surface area contributed by atoms with Crippen LogP contribution in [0.5, 0.6) is 0 Å². The summed E-state index contributed by atoms with van der Waals surface area (Å²) in [5.74, 6) is 0. The number of aliphatic hydroxyl groups excluding tert-OH is 1. The highest BCUT2D eigenvalue weighted by Crippen LogP contribution is 2.30. The number of carbonyl (C=O) groups excluding carboxylic acids is 1. The number of amides is 1. The minimum atomic E-state index is -1.59. The van der Waals surface area contributed by atoms with Crippen LogP contribution in [0.1, 0.15) is 24.9 Å². The summed E-state index contributed by atoms with van der Waals surface area (Å²) in [6.07, 6.45) is -1.77. The molecule has 0 aliphatic carbocycles. The van der Waals surface area contributed by atoms with E-state index in [0.29, 0.717) is 18.5 Å². The average Bonchev–Trinajstić information content (AvgIpc) is 2.84. The molecule has 0 spiro atoms. The first-order valence-electron chi connectivity index (χ1n) is 6.27. The van der Waals surface area contributed by atoms with Gasteiger partial charge in [0.1, 0.15) is 0 Å². The van der Waals surface area contributed by atoms with E-state index in [9.17, 15) is 20.2 Å². The summed E-state index contributed by atoms with van der Waals surface area (Å²) < 4.78 is -1.33. The van der Waals surface area contributed by atoms with Crippen molar-refractivity contribution in [2.75, 3.05) is 13.1 Å². The van der Waals surface area contributed by atoms with Gasteiger partial charge >= 0.3 is 6.09 Å². The van der Waals surface area contributed by atoms with Crippen LogP contribution in [0.2, 0.25) is 0 Å². The van der Waals surface area contributed by atoms with Gasteiger partial charge in [0.25, 0.3) is 0 Å². The molecule has 104 valence electrons. The Morgan fingerprint density at radius 3 is 2.58 bits per heavy atom. The van der Waals surface area contributed by atoms with E-state index >= 15 is 0 Å². The van der Waals surface area contributed by atoms with Gasteiger partial charge in [-0.1, -0.05) is 35.1 Å². The zero-order valence-corrected chi connectivity index (χ0v) is 10.8. The third kappa shape index (κ3) is 2.48. The number of aliphatic hydroxyl groups is 1. The van der Waals surface area contributed by atoms with Gasteiger partial charge in [0.05, 0.1) is 19.2 Å². The SMILES string of the molecule is CC(c1ccccc1)[N+](O)(C(=O)[O-])N1CCC(O)C1. The molecule has 2 rings (SSSR count). The smallest absolute Gasteiger partial charge is 0.313 e. The van der Waals surface area contributed by atoms with Gasteiger partial charge in [-0.05, 0) is 13.3 Å². The van der Waals surface area contributed by atoms with Crippen molar-refractivity contribution < 1.29 is 25.0 Å². The Morgan fingerprint density at radius 1 is 1.47 bits per heavy atom. The standard InChI is InChI=1S/C13H18N2O4/c1-10(11-5-3-2-4-6-11)15(19,13(17)18)14-8-7-12(16)9-14/h2-6,10,12,16,19H,7-9H2,1H3. The van der Waals surface area contributed by atoms with Crippen molar-refractivity contribution in [2.45, 2.75) is 25.5 Å². The van der Waals surface area contributed by atoms with Crippen LogP contribution in [0.4, 0.5) is 4.79 Å². The number of hydrogen-bond acceptors (Lipinski definition) is 5. The molecule has 3 unspecified atom stereocenters. The van der Waals surface area contributed by atoms with Crippen LogP contribution in [0.25, 0.3) is 0 Å². The quantitative estimate of drug-likeness (QED) is 0.466. The summed E-state index contributed by atoms with van der Waals surface area (Å²) >= 11 is 0. The molecule has 6 heteroatoms. The van der Waals surface area contributed by atoms with Gasteiger partial charge in [0.2, 0.25) is 0 Å². The molecule has 0 bridgehead atoms. The Labute approximate surface area is 111 Å². The first-order valence-corrected chi connectivity index (χ1v) is 6.27. The van der Waals surface area contributed by atoms with Crippen LogP contribution in [-0.4, -0.2) is 45.4 Å². The minimum absolute atomic E-state index is 0.113. The normalized spacial score (nSPS) is 24.9. The lowest BCUT2D eigenvalue weighted by Crippen LogP contribution is -2.66. The van der Waals surface area contributed by atoms with Crippen molar-refractivity contribution in [1.82, 2.24) is 5.01 Å². The molecule has 1 aliphatic heterocycles. The summed E-state index contributed by atoms with van der Waals surface area (Å²) in [7, 11) is 0. The lowest BCUT2D eigenvalue weighted by atomic mass is 10.1. The Kier molecular flexibility index (Phi) is 3.86. The van der Waals surface area contributed by atoms with E-state index in [2.05, 4.69) is 0 Å². The van der Waals surface area contributed by atoms with Gasteiger partial charge in [-0.25, -0.2) is 0 Å². The molecule has 0 radical (unpaired) electrons. The van der Waals surface area contributed by atoms with Gasteiger partial charge in [-0.3, -0.25) is 0 Å². The Hall–Kier alpha value is -1.47. The van der Waals surface area contributed by atoms with Crippen LogP contribution in [0.15, 0.2) is 30.3 Å². The van der Waals surface area contributed by atoms with E-state index in [4.69, 9.17) is 0 Å². The second-order valence-corrected chi connectivity index (χ2v) is 4.86. The number of nitrogens with zero attached hydrogens (tertiary/aromatic N) is 2. The predicted octanol–water partition coefficient (Wildman–Crippen LogP) is 0.278. The Balaban J connectivity index is 2.31. The number of hydrogen-bond donors (Lipinski definition) is 2. The third-order valence-electron chi connectivity index (χ3n) is 3.66. The lowest BCUT2D eigenvalue weighted by Gasteiger charge is -2.40. The number of carbonyl (C=O) groups is 1. The highest BCUT2D eigenvalue weighted by Gasteiger charge is 2.47. The summed E-state index contributed by atoms with van der Waals surface area (Å²) in [6, 6.07) is 8.18. The maximum absolute atomic E-state index is 11.4. The topological polar surface area (TPSA) is 83.8 Å². The van der Waals surface area contributed by atoms with E-state index in [1.807, 2.05) is 6.07 Å². The summed E-state index contributed by atoms with van der Waals surface area (Å²) in [5.41, 5.74) is 0.690. The van der Waals surface area contributed by atoms with Crippen LogP contribution < -0.4 is 5.11 Å². The maximum Gasteiger partial charge on any atom is 0.313 e. The first-order chi connectivity index (χ1) is 8.96. The van der Waals surface area contributed by atoms with E-state index in [1.165, 1.54) is 5.01 Å². The molecule has 2 N–H and O–H groups in total. The van der Waals surface area contributed by atoms with Gasteiger partial charge in [-0.15, -0.1) is 5.01 Å². The van der Waals surface area contributed by atoms with E-state index in [1.54, 1.807) is 31.2 Å². The number of hydroxylamine groups is 2. The monoisotopic (exact) mass is 266 g/mol. The number of rotatable bonds is 3. The third-order valence-corrected chi connectivity index (χ3v) is 3.66. The predicted molar refractivity (Wildman–Crippen MR) is 64.5 cm³/mol. The molecule has 1 fully saturated rings. The molecule has 0 aromatic heterocycles. The second kappa shape index (κ2) is 5.26. The van der Waals surface area contributed by atoms with Gasteiger partial charge < -0.3 is 15.0 Å². The van der Waals surface area contributed by atoms with Crippen molar-refractivity contribution in [1.29, 1.82) is 0 Å². The maximum atomic E-state index is 11.4. The number of benzene rings is 1. The first kappa shape index (κ1) is 14.0. The fraction of sp³-hybridized carbons (Fsp3) is 0.462. The largest absolute Gasteiger partial charge is 0.494 e. The molecule has 1 amide bonds. The molecule has 6 nitrogen and oxygen atoms in total. The molecule has 1 aromatic rings. The van der Waals surface area contributed by atoms with Gasteiger partial charge in [-0.2, -0.15) is 5.21 Å². The summed E-state index contributed by atoms with van der Waals surface area (Å²) in [4.78, 5) is 11.4. The number of quaternary nitrogens is 1. The van der Waals surface area contributed by atoms with Crippen molar-refractivity contribution in [3.8, 4) is 0 Å². The molecular weight excluding hydrogens is 248 g/mol. The molecule has 19 heavy (non-hydrogen) atoms. The van der Waals surface area contributed by atoms with E-state index in [-0.39, 0.29) is 6.54 Å². The molecule has 3 atom stereocenters. The number of β-amino-alcohol motifs (C(OH)–C–C–N with tert-alkyl or cyclic N) is 1. The van der Waals surface area contributed by atoms with Crippen LogP contribution in [-0.2, 0) is 0 Å². The fourth-order valence-electron chi connectivity index (χ4n) is 2.46. The average molecular weight is 266 g/mol. The van der Waals surface area contributed by atoms with Crippen LogP contribution >= 0.6 is 0 Å². The zero-order valence-electron chi connectivity index (χ0n) is 10.8. The fourth-order valence-corrected chi connectivity index (χ4v) is 2.46. The Morgan fingerprint density at radius 2 is 2.11 bits per heavy atom. The van der Waals surface area contributed by atoms with Crippen molar-refractivity contribution in [3.05, 3.63) is 35.9 Å². The van der Waals surface area contributed by atoms with Crippen LogP contribution in [0.3, 0.4) is 0 Å². The van der Waals surface area contributed by atoms with Crippen molar-refractivity contribution in [3.63, 3.8) is 0 Å². The molecule has 1 aromatic carbocycles. The zero-order chi connectivity index (χ0) is 14.0. The van der Waals surface area contributed by atoms with Crippen molar-refractivity contribution >= 4 is 6.09 Å². The molecule has 1 saturated heterocycles. The lowest BCUT2D eigenvalue weighted by molar-refractivity contribution is -1.16. The van der Waals surface area contributed by atoms with E-state index in [0.717, 1.165) is 0 Å². The van der Waals surface area contributed by atoms with Crippen molar-refractivity contribution in [2.24, 2.45) is 0 Å². The number of carboxylic acid groups (broad SMARTS) is 1. The summed E-state index contributed by atoms with van der Waals surface area (Å²) in [6.45, 7) is 2.04. The highest BCUT2D eigenvalue weighted by molar-refractivity contribution is 5.53. The minimum Gasteiger partial charge on any atom is -0.494 e. The molecular formula is C13H18N2O4. The molecule has 0 saturated carbocycles. The Bertz CT molecular complexity index is 453. The van der Waals surface area contributed by atoms with Gasteiger partial charge in [0.15, 0.2) is 6.04 Å². The molecule has 1 heterocycles. The van der Waals surface area contributed by atoms with Crippen LogP contribution in [0, 0.1) is 0 Å². The molecule has 1 aliphatic rings. The summed E-state index contributed by atoms with van der Waals surface area (Å²) in [5, 5.41) is 32.8. The highest BCUT2D eigenvalue weighted by atomic mass is 16.7. The van der Waals surface area contributed by atoms with E-state index < -0.39 is 23.0 Å².